The first-order valence-corrected chi connectivity index (χ1v) is 16.2. The summed E-state index contributed by atoms with van der Waals surface area (Å²) < 4.78 is 31.1. The van der Waals surface area contributed by atoms with Gasteiger partial charge in [-0.2, -0.15) is 0 Å². The van der Waals surface area contributed by atoms with Crippen molar-refractivity contribution in [1.29, 1.82) is 0 Å². The second-order valence-electron chi connectivity index (χ2n) is 10.8. The van der Waals surface area contributed by atoms with Gasteiger partial charge in [0.05, 0.1) is 24.6 Å². The number of pyridine rings is 1. The number of piperidine rings is 1. The maximum atomic E-state index is 13.2. The van der Waals surface area contributed by atoms with Crippen LogP contribution >= 0.6 is 24.8 Å². The number of halogens is 2. The molecule has 2 amide bonds. The fourth-order valence-corrected chi connectivity index (χ4v) is 5.48. The van der Waals surface area contributed by atoms with Crippen LogP contribution in [0.1, 0.15) is 43.0 Å². The minimum atomic E-state index is -3.32. The number of ether oxygens (including phenoxy) is 1. The third kappa shape index (κ3) is 11.4. The van der Waals surface area contributed by atoms with Gasteiger partial charge in [0.15, 0.2) is 0 Å². The summed E-state index contributed by atoms with van der Waals surface area (Å²) in [6.07, 6.45) is 4.59. The second kappa shape index (κ2) is 17.4. The number of sulfonamides is 1. The van der Waals surface area contributed by atoms with E-state index >= 15 is 0 Å². The Kier molecular flexibility index (Phi) is 14.7. The van der Waals surface area contributed by atoms with Crippen molar-refractivity contribution in [2.75, 3.05) is 30.6 Å². The number of rotatable bonds is 12. The number of likely N-dealkylation sites (tertiary alicyclic amines) is 1. The molecule has 44 heavy (non-hydrogen) atoms. The number of aliphatic hydroxyl groups is 1. The van der Waals surface area contributed by atoms with Crippen LogP contribution in [0.15, 0.2) is 66.9 Å². The van der Waals surface area contributed by atoms with E-state index in [1.54, 1.807) is 30.5 Å². The highest BCUT2D eigenvalue weighted by Gasteiger charge is 2.29. The standard InChI is InChI=1S/C31H41N5O5S.2ClH/c1-4-27(37)20-33-31(38)36(22-30-23(2)6-5-17-32-30)26-15-18-35(19-16-26)21-24-7-11-28(12-8-24)41-29-13-9-25(10-14-29)34-42(3,39)40;;/h5-14,17,26-27,34,37H,4,15-16,18-22H2,1-3H3,(H,33,38);2*1H. The third-order valence-electron chi connectivity index (χ3n) is 7.38. The van der Waals surface area contributed by atoms with Crippen LogP contribution in [0.5, 0.6) is 11.5 Å². The number of amides is 2. The Balaban J connectivity index is 0.00000337. The zero-order valence-corrected chi connectivity index (χ0v) is 27.8. The van der Waals surface area contributed by atoms with E-state index in [0.717, 1.165) is 50.0 Å². The molecule has 242 valence electrons. The van der Waals surface area contributed by atoms with Crippen LogP contribution in [0, 0.1) is 6.92 Å². The van der Waals surface area contributed by atoms with E-state index < -0.39 is 16.1 Å². The van der Waals surface area contributed by atoms with E-state index in [9.17, 15) is 18.3 Å². The maximum absolute atomic E-state index is 13.2. The van der Waals surface area contributed by atoms with E-state index in [-0.39, 0.29) is 43.4 Å². The van der Waals surface area contributed by atoms with Crippen molar-refractivity contribution in [3.63, 3.8) is 0 Å². The number of aliphatic hydroxyl groups excluding tert-OH is 1. The van der Waals surface area contributed by atoms with E-state index in [0.29, 0.717) is 30.2 Å². The van der Waals surface area contributed by atoms with Crippen molar-refractivity contribution in [3.8, 4) is 11.5 Å². The normalized spacial score (nSPS) is 14.5. The topological polar surface area (TPSA) is 124 Å². The van der Waals surface area contributed by atoms with Crippen LogP contribution in [-0.2, 0) is 23.1 Å². The van der Waals surface area contributed by atoms with Crippen molar-refractivity contribution in [1.82, 2.24) is 20.1 Å². The number of aryl methyl sites for hydroxylation is 1. The summed E-state index contributed by atoms with van der Waals surface area (Å²) in [4.78, 5) is 22.0. The summed E-state index contributed by atoms with van der Waals surface area (Å²) in [6.45, 7) is 7.09. The minimum Gasteiger partial charge on any atom is -0.457 e. The number of urea groups is 1. The third-order valence-corrected chi connectivity index (χ3v) is 7.99. The molecule has 0 bridgehead atoms. The first kappa shape index (κ1) is 37.1. The van der Waals surface area contributed by atoms with Gasteiger partial charge in [-0.1, -0.05) is 25.1 Å². The molecule has 3 aromatic rings. The molecule has 0 aliphatic carbocycles. The first-order valence-electron chi connectivity index (χ1n) is 14.3. The van der Waals surface area contributed by atoms with Gasteiger partial charge in [-0.05, 0) is 79.8 Å². The van der Waals surface area contributed by atoms with Crippen molar-refractivity contribution in [3.05, 3.63) is 83.7 Å². The number of benzene rings is 2. The molecule has 2 aromatic carbocycles. The molecule has 10 nitrogen and oxygen atoms in total. The molecule has 1 unspecified atom stereocenters. The van der Waals surface area contributed by atoms with E-state index in [1.807, 2.05) is 55.1 Å². The summed E-state index contributed by atoms with van der Waals surface area (Å²) in [5.41, 5.74) is 3.58. The molecule has 4 rings (SSSR count). The Morgan fingerprint density at radius 1 is 1.07 bits per heavy atom. The molecular weight excluding hydrogens is 625 g/mol. The zero-order chi connectivity index (χ0) is 30.1. The van der Waals surface area contributed by atoms with Gasteiger partial charge >= 0.3 is 6.03 Å². The summed E-state index contributed by atoms with van der Waals surface area (Å²) >= 11 is 0. The average molecular weight is 669 g/mol. The predicted molar refractivity (Wildman–Crippen MR) is 178 cm³/mol. The molecule has 1 fully saturated rings. The molecule has 1 aliphatic rings. The smallest absolute Gasteiger partial charge is 0.318 e. The Hall–Kier alpha value is -3.09. The lowest BCUT2D eigenvalue weighted by Gasteiger charge is -2.38. The maximum Gasteiger partial charge on any atom is 0.318 e. The number of hydrogen-bond acceptors (Lipinski definition) is 7. The number of nitrogens with zero attached hydrogens (tertiary/aromatic N) is 3. The molecule has 1 aliphatic heterocycles. The van der Waals surface area contributed by atoms with Gasteiger partial charge in [-0.15, -0.1) is 24.8 Å². The highest BCUT2D eigenvalue weighted by atomic mass is 35.5. The fourth-order valence-electron chi connectivity index (χ4n) is 4.91. The molecule has 1 atom stereocenters. The Bertz CT molecular complexity index is 1420. The van der Waals surface area contributed by atoms with Crippen LogP contribution in [-0.4, -0.2) is 72.4 Å². The number of carbonyl (C=O) groups excluding carboxylic acids is 1. The van der Waals surface area contributed by atoms with Gasteiger partial charge in [0.2, 0.25) is 10.0 Å². The highest BCUT2D eigenvalue weighted by molar-refractivity contribution is 7.92. The number of anilines is 1. The quantitative estimate of drug-likeness (QED) is 0.238. The second-order valence-corrected chi connectivity index (χ2v) is 12.5. The van der Waals surface area contributed by atoms with Gasteiger partial charge < -0.3 is 20.1 Å². The van der Waals surface area contributed by atoms with Gasteiger partial charge in [-0.25, -0.2) is 13.2 Å². The zero-order valence-electron chi connectivity index (χ0n) is 25.3. The number of nitrogens with one attached hydrogen (secondary N) is 2. The molecule has 1 saturated heterocycles. The van der Waals surface area contributed by atoms with Gasteiger partial charge in [0.1, 0.15) is 11.5 Å². The highest BCUT2D eigenvalue weighted by Crippen LogP contribution is 2.25. The summed E-state index contributed by atoms with van der Waals surface area (Å²) in [7, 11) is -3.32. The molecular formula is C31H43Cl2N5O5S. The lowest BCUT2D eigenvalue weighted by atomic mass is 10.0. The first-order chi connectivity index (χ1) is 20.1. The molecule has 3 N–H and O–H groups in total. The van der Waals surface area contributed by atoms with Crippen LogP contribution < -0.4 is 14.8 Å². The van der Waals surface area contributed by atoms with Gasteiger partial charge in [0, 0.05) is 44.1 Å². The number of carbonyl (C=O) groups is 1. The van der Waals surface area contributed by atoms with Crippen LogP contribution in [0.4, 0.5) is 10.5 Å². The van der Waals surface area contributed by atoms with E-state index in [2.05, 4.69) is 19.9 Å². The summed E-state index contributed by atoms with van der Waals surface area (Å²) in [5.74, 6) is 1.31. The molecule has 0 spiro atoms. The van der Waals surface area contributed by atoms with Crippen LogP contribution in [0.25, 0.3) is 0 Å². The van der Waals surface area contributed by atoms with Gasteiger partial charge in [-0.3, -0.25) is 14.6 Å². The Labute approximate surface area is 273 Å². The van der Waals surface area contributed by atoms with E-state index in [4.69, 9.17) is 4.74 Å². The lowest BCUT2D eigenvalue weighted by molar-refractivity contribution is 0.107. The predicted octanol–water partition coefficient (Wildman–Crippen LogP) is 5.34. The molecule has 13 heteroatoms. The largest absolute Gasteiger partial charge is 0.457 e. The fraction of sp³-hybridized carbons (Fsp3) is 0.419. The van der Waals surface area contributed by atoms with Crippen molar-refractivity contribution in [2.24, 2.45) is 0 Å². The monoisotopic (exact) mass is 667 g/mol. The Morgan fingerprint density at radius 3 is 2.25 bits per heavy atom. The molecule has 0 saturated carbocycles. The Morgan fingerprint density at radius 2 is 1.68 bits per heavy atom. The number of hydrogen-bond donors (Lipinski definition) is 3. The summed E-state index contributed by atoms with van der Waals surface area (Å²) in [6, 6.07) is 18.5. The minimum absolute atomic E-state index is 0. The SMILES string of the molecule is CCC(O)CNC(=O)N(Cc1ncccc1C)C1CCN(Cc2ccc(Oc3ccc(NS(C)(=O)=O)cc3)cc2)CC1.Cl.Cl. The molecule has 2 heterocycles. The van der Waals surface area contributed by atoms with Crippen molar-refractivity contribution in [2.45, 2.75) is 58.3 Å². The average Bonchev–Trinajstić information content (AvgIpc) is 2.97. The van der Waals surface area contributed by atoms with Crippen molar-refractivity contribution < 1.29 is 23.1 Å². The van der Waals surface area contributed by atoms with E-state index in [1.165, 1.54) is 5.56 Å². The van der Waals surface area contributed by atoms with Crippen LogP contribution in [0.2, 0.25) is 0 Å². The summed E-state index contributed by atoms with van der Waals surface area (Å²) in [5, 5.41) is 12.9. The van der Waals surface area contributed by atoms with Gasteiger partial charge in [0.25, 0.3) is 0 Å². The van der Waals surface area contributed by atoms with Crippen LogP contribution in [0.3, 0.4) is 0 Å². The number of aromatic nitrogens is 1. The van der Waals surface area contributed by atoms with Crippen molar-refractivity contribution >= 4 is 46.6 Å². The molecule has 0 radical (unpaired) electrons. The lowest BCUT2D eigenvalue weighted by Crippen LogP contribution is -2.51. The molecule has 1 aromatic heterocycles.